The van der Waals surface area contributed by atoms with E-state index in [1.807, 2.05) is 0 Å². The molecule has 1 aliphatic rings. The van der Waals surface area contributed by atoms with Crippen LogP contribution in [0.4, 0.5) is 0 Å². The van der Waals surface area contributed by atoms with Gasteiger partial charge in [-0.05, 0) is 0 Å². The Balaban J connectivity index is 2.63. The lowest BCUT2D eigenvalue weighted by Gasteiger charge is -2.38. The van der Waals surface area contributed by atoms with E-state index in [2.05, 4.69) is 15.9 Å². The standard InChI is InChI=1S/C6H12BrNO4/c7-6-3(8)5(11)4(10)2(1-9)12-6/h2-6,9-11H,1,8H2/t2-,3-,4+,5-,6?/m1/s1. The van der Waals surface area contributed by atoms with Gasteiger partial charge in [0, 0.05) is 0 Å². The molecule has 12 heavy (non-hydrogen) atoms. The van der Waals surface area contributed by atoms with Crippen LogP contribution in [0.1, 0.15) is 0 Å². The first-order valence-corrected chi connectivity index (χ1v) is 4.51. The van der Waals surface area contributed by atoms with Crippen molar-refractivity contribution in [3.05, 3.63) is 0 Å². The summed E-state index contributed by atoms with van der Waals surface area (Å²) in [5, 5.41) is 26.8. The minimum absolute atomic E-state index is 0.340. The largest absolute Gasteiger partial charge is 0.394 e. The lowest BCUT2D eigenvalue weighted by atomic mass is 9.99. The van der Waals surface area contributed by atoms with Crippen molar-refractivity contribution in [1.82, 2.24) is 0 Å². The maximum Gasteiger partial charge on any atom is 0.130 e. The highest BCUT2D eigenvalue weighted by Crippen LogP contribution is 2.22. The zero-order valence-electron chi connectivity index (χ0n) is 6.30. The molecule has 1 saturated heterocycles. The molecule has 1 rings (SSSR count). The highest BCUT2D eigenvalue weighted by atomic mass is 79.9. The lowest BCUT2D eigenvalue weighted by molar-refractivity contribution is -0.164. The Morgan fingerprint density at radius 1 is 1.33 bits per heavy atom. The van der Waals surface area contributed by atoms with Crippen molar-refractivity contribution >= 4 is 15.9 Å². The van der Waals surface area contributed by atoms with Crippen LogP contribution in [0.25, 0.3) is 0 Å². The fraction of sp³-hybridized carbons (Fsp3) is 1.00. The van der Waals surface area contributed by atoms with Crippen molar-refractivity contribution in [3.63, 3.8) is 0 Å². The maximum atomic E-state index is 9.32. The molecule has 72 valence electrons. The molecule has 0 aromatic carbocycles. The van der Waals surface area contributed by atoms with Crippen LogP contribution < -0.4 is 5.73 Å². The van der Waals surface area contributed by atoms with Gasteiger partial charge in [0.05, 0.1) is 12.6 Å². The second-order valence-electron chi connectivity index (χ2n) is 2.77. The number of ether oxygens (including phenoxy) is 1. The first-order chi connectivity index (χ1) is 5.57. The third-order valence-corrected chi connectivity index (χ3v) is 2.74. The smallest absolute Gasteiger partial charge is 0.130 e. The van der Waals surface area contributed by atoms with Gasteiger partial charge in [-0.25, -0.2) is 0 Å². The summed E-state index contributed by atoms with van der Waals surface area (Å²) >= 11 is 3.07. The van der Waals surface area contributed by atoms with Crippen LogP contribution >= 0.6 is 15.9 Å². The van der Waals surface area contributed by atoms with Crippen LogP contribution in [0.5, 0.6) is 0 Å². The van der Waals surface area contributed by atoms with Gasteiger partial charge in [-0.3, -0.25) is 0 Å². The number of aliphatic hydroxyl groups is 3. The predicted octanol–water partition coefficient (Wildman–Crippen LogP) is -1.85. The molecule has 0 bridgehead atoms. The molecule has 1 heterocycles. The van der Waals surface area contributed by atoms with Gasteiger partial charge in [0.15, 0.2) is 0 Å². The molecule has 0 radical (unpaired) electrons. The number of halogens is 1. The van der Waals surface area contributed by atoms with Gasteiger partial charge >= 0.3 is 0 Å². The molecule has 0 saturated carbocycles. The van der Waals surface area contributed by atoms with E-state index in [0.717, 1.165) is 0 Å². The van der Waals surface area contributed by atoms with E-state index in [-0.39, 0.29) is 6.61 Å². The van der Waals surface area contributed by atoms with E-state index in [0.29, 0.717) is 0 Å². The van der Waals surface area contributed by atoms with Crippen molar-refractivity contribution in [1.29, 1.82) is 0 Å². The zero-order valence-corrected chi connectivity index (χ0v) is 7.89. The highest BCUT2D eigenvalue weighted by molar-refractivity contribution is 9.09. The molecule has 0 amide bonds. The van der Waals surface area contributed by atoms with E-state index in [4.69, 9.17) is 15.6 Å². The van der Waals surface area contributed by atoms with Crippen LogP contribution in [0.3, 0.4) is 0 Å². The van der Waals surface area contributed by atoms with Crippen LogP contribution in [0.2, 0.25) is 0 Å². The molecule has 6 heteroatoms. The van der Waals surface area contributed by atoms with Crippen LogP contribution in [-0.4, -0.2) is 51.3 Å². The average molecular weight is 242 g/mol. The van der Waals surface area contributed by atoms with E-state index in [1.54, 1.807) is 0 Å². The molecule has 0 spiro atoms. The fourth-order valence-corrected chi connectivity index (χ4v) is 1.68. The summed E-state index contributed by atoms with van der Waals surface area (Å²) in [7, 11) is 0. The number of aliphatic hydroxyl groups excluding tert-OH is 3. The number of hydrogen-bond acceptors (Lipinski definition) is 5. The quantitative estimate of drug-likeness (QED) is 0.405. The van der Waals surface area contributed by atoms with E-state index in [9.17, 15) is 10.2 Å². The van der Waals surface area contributed by atoms with E-state index in [1.165, 1.54) is 0 Å². The maximum absolute atomic E-state index is 9.32. The minimum atomic E-state index is -1.13. The Hall–Kier alpha value is 0.280. The Morgan fingerprint density at radius 2 is 1.92 bits per heavy atom. The summed E-state index contributed by atoms with van der Waals surface area (Å²) in [5.41, 5.74) is 5.47. The molecule has 5 N–H and O–H groups in total. The summed E-state index contributed by atoms with van der Waals surface area (Å²) in [5.74, 6) is 0. The summed E-state index contributed by atoms with van der Waals surface area (Å²) in [6.45, 7) is -0.340. The minimum Gasteiger partial charge on any atom is -0.394 e. The molecule has 1 unspecified atom stereocenters. The first kappa shape index (κ1) is 10.4. The third-order valence-electron chi connectivity index (χ3n) is 1.91. The molecule has 0 aromatic heterocycles. The predicted molar refractivity (Wildman–Crippen MR) is 44.7 cm³/mol. The van der Waals surface area contributed by atoms with Gasteiger partial charge in [-0.2, -0.15) is 0 Å². The van der Waals surface area contributed by atoms with Crippen LogP contribution in [0, 0.1) is 0 Å². The summed E-state index contributed by atoms with van der Waals surface area (Å²) in [6.07, 6.45) is -2.97. The van der Waals surface area contributed by atoms with Gasteiger partial charge in [-0.15, -0.1) is 0 Å². The number of alkyl halides is 1. The second-order valence-corrected chi connectivity index (χ2v) is 3.67. The van der Waals surface area contributed by atoms with Crippen molar-refractivity contribution in [3.8, 4) is 0 Å². The normalized spacial score (nSPS) is 49.2. The third kappa shape index (κ3) is 1.78. The number of rotatable bonds is 1. The zero-order chi connectivity index (χ0) is 9.30. The Kier molecular flexibility index (Phi) is 3.45. The average Bonchev–Trinajstić information content (AvgIpc) is 2.08. The molecule has 5 nitrogen and oxygen atoms in total. The SMILES string of the molecule is N[C@H]1C(Br)O[C@H](CO)[C@H](O)[C@@H]1O. The first-order valence-electron chi connectivity index (χ1n) is 3.60. The van der Waals surface area contributed by atoms with Gasteiger partial charge in [0.1, 0.15) is 23.3 Å². The van der Waals surface area contributed by atoms with E-state index < -0.39 is 29.4 Å². The molecular weight excluding hydrogens is 230 g/mol. The molecule has 1 fully saturated rings. The van der Waals surface area contributed by atoms with Crippen molar-refractivity contribution < 1.29 is 20.1 Å². The fourth-order valence-electron chi connectivity index (χ4n) is 1.09. The second kappa shape index (κ2) is 3.99. The Bertz CT molecular complexity index is 154. The summed E-state index contributed by atoms with van der Waals surface area (Å²) in [4.78, 5) is 0. The van der Waals surface area contributed by atoms with Crippen molar-refractivity contribution in [2.24, 2.45) is 5.73 Å². The van der Waals surface area contributed by atoms with Gasteiger partial charge in [0.2, 0.25) is 0 Å². The van der Waals surface area contributed by atoms with Crippen LogP contribution in [-0.2, 0) is 4.74 Å². The molecular formula is C6H12BrNO4. The Morgan fingerprint density at radius 3 is 2.42 bits per heavy atom. The highest BCUT2D eigenvalue weighted by Gasteiger charge is 2.41. The number of nitrogens with two attached hydrogens (primary N) is 1. The van der Waals surface area contributed by atoms with Crippen molar-refractivity contribution in [2.75, 3.05) is 6.61 Å². The lowest BCUT2D eigenvalue weighted by Crippen LogP contribution is -2.60. The van der Waals surface area contributed by atoms with Gasteiger partial charge in [0.25, 0.3) is 0 Å². The molecule has 1 aliphatic heterocycles. The monoisotopic (exact) mass is 241 g/mol. The summed E-state index contributed by atoms with van der Waals surface area (Å²) in [6, 6.07) is -0.678. The molecule has 0 aromatic rings. The number of hydrogen-bond donors (Lipinski definition) is 4. The Labute approximate surface area is 78.3 Å². The summed E-state index contributed by atoms with van der Waals surface area (Å²) < 4.78 is 5.06. The molecule has 5 atom stereocenters. The van der Waals surface area contributed by atoms with Gasteiger partial charge < -0.3 is 25.8 Å². The van der Waals surface area contributed by atoms with Gasteiger partial charge in [-0.1, -0.05) is 15.9 Å². The van der Waals surface area contributed by atoms with E-state index >= 15 is 0 Å². The van der Waals surface area contributed by atoms with Crippen LogP contribution in [0.15, 0.2) is 0 Å². The topological polar surface area (TPSA) is 95.9 Å². The van der Waals surface area contributed by atoms with Crippen molar-refractivity contribution in [2.45, 2.75) is 29.4 Å². The molecule has 0 aliphatic carbocycles.